The summed E-state index contributed by atoms with van der Waals surface area (Å²) in [6.07, 6.45) is 1.88. The fourth-order valence-electron chi connectivity index (χ4n) is 1.95. The van der Waals surface area contributed by atoms with Crippen molar-refractivity contribution >= 4 is 22.8 Å². The number of fused-ring (bicyclic) bond motifs is 1. The summed E-state index contributed by atoms with van der Waals surface area (Å²) in [6, 6.07) is 2.41. The molecule has 0 radical (unpaired) electrons. The number of aromatic nitrogens is 3. The minimum Gasteiger partial charge on any atom is -0.309 e. The molecule has 92 valence electrons. The highest BCUT2D eigenvalue weighted by atomic mass is 35.5. The zero-order valence-electron chi connectivity index (χ0n) is 10.7. The number of nitrogens with zero attached hydrogens (tertiary/aromatic N) is 3. The van der Waals surface area contributed by atoms with Gasteiger partial charge < -0.3 is 4.57 Å². The van der Waals surface area contributed by atoms with Gasteiger partial charge in [-0.2, -0.15) is 0 Å². The van der Waals surface area contributed by atoms with Gasteiger partial charge in [-0.15, -0.1) is 11.6 Å². The molecular formula is C13H18ClN3. The minimum atomic E-state index is 0.351. The highest BCUT2D eigenvalue weighted by Crippen LogP contribution is 2.25. The topological polar surface area (TPSA) is 30.7 Å². The SMILES string of the molecule is Cc1cnc2c(c1)nc(CCl)n2C(C)C(C)C. The summed E-state index contributed by atoms with van der Waals surface area (Å²) in [5, 5.41) is 0. The Morgan fingerprint density at radius 1 is 1.35 bits per heavy atom. The van der Waals surface area contributed by atoms with E-state index in [0.717, 1.165) is 22.6 Å². The number of aryl methyl sites for hydroxylation is 1. The maximum absolute atomic E-state index is 5.98. The van der Waals surface area contributed by atoms with Crippen LogP contribution in [0.15, 0.2) is 12.3 Å². The number of halogens is 1. The molecule has 17 heavy (non-hydrogen) atoms. The highest BCUT2D eigenvalue weighted by molar-refractivity contribution is 6.16. The van der Waals surface area contributed by atoms with Crippen LogP contribution >= 0.6 is 11.6 Å². The molecule has 1 unspecified atom stereocenters. The molecule has 0 saturated heterocycles. The molecule has 2 aromatic rings. The number of rotatable bonds is 3. The maximum Gasteiger partial charge on any atom is 0.160 e. The van der Waals surface area contributed by atoms with Crippen molar-refractivity contribution in [3.63, 3.8) is 0 Å². The molecule has 0 aliphatic heterocycles. The smallest absolute Gasteiger partial charge is 0.160 e. The normalized spacial score (nSPS) is 13.5. The molecule has 0 N–H and O–H groups in total. The van der Waals surface area contributed by atoms with E-state index in [-0.39, 0.29) is 0 Å². The van der Waals surface area contributed by atoms with E-state index < -0.39 is 0 Å². The lowest BCUT2D eigenvalue weighted by Gasteiger charge is -2.19. The van der Waals surface area contributed by atoms with Crippen LogP contribution < -0.4 is 0 Å². The predicted octanol–water partition coefficient (Wildman–Crippen LogP) is 3.70. The van der Waals surface area contributed by atoms with Crippen LogP contribution in [0, 0.1) is 12.8 Å². The van der Waals surface area contributed by atoms with Gasteiger partial charge in [-0.25, -0.2) is 9.97 Å². The van der Waals surface area contributed by atoms with Crippen molar-refractivity contribution in [2.75, 3.05) is 0 Å². The Hall–Kier alpha value is -1.09. The van der Waals surface area contributed by atoms with Crippen molar-refractivity contribution in [3.05, 3.63) is 23.7 Å². The largest absolute Gasteiger partial charge is 0.309 e. The van der Waals surface area contributed by atoms with Gasteiger partial charge in [0.15, 0.2) is 5.65 Å². The van der Waals surface area contributed by atoms with Crippen LogP contribution in [0.25, 0.3) is 11.2 Å². The summed E-state index contributed by atoms with van der Waals surface area (Å²) < 4.78 is 2.16. The Balaban J connectivity index is 2.66. The van der Waals surface area contributed by atoms with Crippen LogP contribution in [0.4, 0.5) is 0 Å². The first kappa shape index (κ1) is 12.4. The monoisotopic (exact) mass is 251 g/mol. The van der Waals surface area contributed by atoms with E-state index in [1.54, 1.807) is 0 Å². The predicted molar refractivity (Wildman–Crippen MR) is 71.4 cm³/mol. The number of alkyl halides is 1. The molecule has 0 saturated carbocycles. The van der Waals surface area contributed by atoms with Crippen LogP contribution in [0.1, 0.15) is 38.2 Å². The average molecular weight is 252 g/mol. The van der Waals surface area contributed by atoms with E-state index >= 15 is 0 Å². The van der Waals surface area contributed by atoms with E-state index in [9.17, 15) is 0 Å². The fraction of sp³-hybridized carbons (Fsp3) is 0.538. The van der Waals surface area contributed by atoms with Gasteiger partial charge in [0, 0.05) is 12.2 Å². The number of hydrogen-bond donors (Lipinski definition) is 0. The summed E-state index contributed by atoms with van der Waals surface area (Å²) in [6.45, 7) is 8.60. The minimum absolute atomic E-state index is 0.351. The van der Waals surface area contributed by atoms with Gasteiger partial charge in [0.2, 0.25) is 0 Å². The summed E-state index contributed by atoms with van der Waals surface area (Å²) in [5.41, 5.74) is 3.00. The molecule has 2 heterocycles. The molecule has 3 nitrogen and oxygen atoms in total. The zero-order valence-corrected chi connectivity index (χ0v) is 11.5. The second-order valence-electron chi connectivity index (χ2n) is 4.87. The van der Waals surface area contributed by atoms with Crippen LogP contribution in [-0.4, -0.2) is 14.5 Å². The molecule has 1 atom stereocenters. The second-order valence-corrected chi connectivity index (χ2v) is 5.14. The lowest BCUT2D eigenvalue weighted by molar-refractivity contribution is 0.407. The van der Waals surface area contributed by atoms with Crippen LogP contribution in [0.3, 0.4) is 0 Å². The average Bonchev–Trinajstić information content (AvgIpc) is 2.65. The number of hydrogen-bond acceptors (Lipinski definition) is 2. The molecule has 0 fully saturated rings. The molecule has 2 aromatic heterocycles. The second kappa shape index (κ2) is 4.65. The lowest BCUT2D eigenvalue weighted by Crippen LogP contribution is -2.14. The molecule has 0 bridgehead atoms. The molecule has 0 aliphatic carbocycles. The van der Waals surface area contributed by atoms with Crippen molar-refractivity contribution in [1.29, 1.82) is 0 Å². The van der Waals surface area contributed by atoms with Gasteiger partial charge in [0.1, 0.15) is 11.3 Å². The first-order valence-corrected chi connectivity index (χ1v) is 6.47. The molecule has 0 amide bonds. The molecule has 0 aromatic carbocycles. The fourth-order valence-corrected chi connectivity index (χ4v) is 2.14. The standard InChI is InChI=1S/C13H18ClN3/c1-8(2)10(4)17-12(6-14)16-11-5-9(3)7-15-13(11)17/h5,7-8,10H,6H2,1-4H3. The Labute approximate surface area is 107 Å². The maximum atomic E-state index is 5.98. The first-order chi connectivity index (χ1) is 8.04. The van der Waals surface area contributed by atoms with Gasteiger partial charge in [0.25, 0.3) is 0 Å². The summed E-state index contributed by atoms with van der Waals surface area (Å²) in [4.78, 5) is 9.06. The molecule has 0 aliphatic rings. The summed E-state index contributed by atoms with van der Waals surface area (Å²) in [5.74, 6) is 1.85. The zero-order chi connectivity index (χ0) is 12.6. The summed E-state index contributed by atoms with van der Waals surface area (Å²) in [7, 11) is 0. The van der Waals surface area contributed by atoms with Gasteiger partial charge in [-0.3, -0.25) is 0 Å². The van der Waals surface area contributed by atoms with Gasteiger partial charge in [-0.1, -0.05) is 13.8 Å². The van der Waals surface area contributed by atoms with Crippen molar-refractivity contribution in [2.45, 2.75) is 39.6 Å². The van der Waals surface area contributed by atoms with Crippen molar-refractivity contribution < 1.29 is 0 Å². The van der Waals surface area contributed by atoms with Crippen molar-refractivity contribution in [1.82, 2.24) is 14.5 Å². The van der Waals surface area contributed by atoms with E-state index in [4.69, 9.17) is 11.6 Å². The first-order valence-electron chi connectivity index (χ1n) is 5.94. The van der Waals surface area contributed by atoms with Gasteiger partial charge in [-0.05, 0) is 31.4 Å². The summed E-state index contributed by atoms with van der Waals surface area (Å²) >= 11 is 5.98. The van der Waals surface area contributed by atoms with Gasteiger partial charge >= 0.3 is 0 Å². The van der Waals surface area contributed by atoms with Crippen molar-refractivity contribution in [3.8, 4) is 0 Å². The molecule has 2 rings (SSSR count). The van der Waals surface area contributed by atoms with Crippen molar-refractivity contribution in [2.24, 2.45) is 5.92 Å². The van der Waals surface area contributed by atoms with Gasteiger partial charge in [0.05, 0.1) is 5.88 Å². The Kier molecular flexibility index (Phi) is 3.38. The van der Waals surface area contributed by atoms with Crippen LogP contribution in [0.5, 0.6) is 0 Å². The number of pyridine rings is 1. The molecule has 4 heteroatoms. The lowest BCUT2D eigenvalue weighted by atomic mass is 10.1. The molecule has 0 spiro atoms. The Morgan fingerprint density at radius 2 is 2.06 bits per heavy atom. The van der Waals surface area contributed by atoms with Crippen LogP contribution in [0.2, 0.25) is 0 Å². The quantitative estimate of drug-likeness (QED) is 0.779. The third-order valence-electron chi connectivity index (χ3n) is 3.23. The van der Waals surface area contributed by atoms with E-state index in [1.807, 2.05) is 13.1 Å². The third-order valence-corrected chi connectivity index (χ3v) is 3.47. The van der Waals surface area contributed by atoms with E-state index in [1.165, 1.54) is 0 Å². The highest BCUT2D eigenvalue weighted by Gasteiger charge is 2.18. The van der Waals surface area contributed by atoms with E-state index in [2.05, 4.69) is 41.4 Å². The van der Waals surface area contributed by atoms with E-state index in [0.29, 0.717) is 17.8 Å². The Bertz CT molecular complexity index is 531. The molecular weight excluding hydrogens is 234 g/mol. The van der Waals surface area contributed by atoms with Crippen LogP contribution in [-0.2, 0) is 5.88 Å². The Morgan fingerprint density at radius 3 is 2.65 bits per heavy atom. The third kappa shape index (κ3) is 2.16. The number of imidazole rings is 1.